The number of benzene rings is 2. The maximum Gasteiger partial charge on any atom is 0.196 e. The second-order valence-electron chi connectivity index (χ2n) is 4.71. The Kier molecular flexibility index (Phi) is 3.99. The number of nitrogens with zero attached hydrogens (tertiary/aromatic N) is 2. The van der Waals surface area contributed by atoms with Gasteiger partial charge < -0.3 is 10.6 Å². The first-order valence-corrected chi connectivity index (χ1v) is 7.95. The fourth-order valence-electron chi connectivity index (χ4n) is 2.41. The third-order valence-corrected chi connectivity index (χ3v) is 5.30. The Morgan fingerprint density at radius 1 is 1.14 bits per heavy atom. The lowest BCUT2D eigenvalue weighted by Gasteiger charge is -2.27. The molecule has 2 aromatic carbocycles. The van der Waals surface area contributed by atoms with E-state index in [-0.39, 0.29) is 11.9 Å². The van der Waals surface area contributed by atoms with Crippen molar-refractivity contribution in [3.63, 3.8) is 0 Å². The van der Waals surface area contributed by atoms with E-state index in [9.17, 15) is 4.39 Å². The average molecular weight is 413 g/mol. The van der Waals surface area contributed by atoms with Gasteiger partial charge in [-0.1, -0.05) is 18.2 Å². The van der Waals surface area contributed by atoms with Crippen molar-refractivity contribution in [2.45, 2.75) is 6.04 Å². The van der Waals surface area contributed by atoms with Gasteiger partial charge in [0, 0.05) is 8.95 Å². The molecule has 3 nitrogen and oxygen atoms in total. The number of rotatable bonds is 2. The van der Waals surface area contributed by atoms with E-state index >= 15 is 0 Å². The van der Waals surface area contributed by atoms with Crippen molar-refractivity contribution in [2.24, 2.45) is 10.7 Å². The highest BCUT2D eigenvalue weighted by Gasteiger charge is 2.30. The molecule has 1 heterocycles. The standard InChI is InChI=1S/C15H12Br2FN3/c16-10-6-5-9(7-11(10)17)14-8-20-15(19)21(14)13-4-2-1-3-12(13)18/h1-7,14H,8H2,(H2,19,20). The van der Waals surface area contributed by atoms with Gasteiger partial charge in [-0.05, 0) is 61.7 Å². The third-order valence-electron chi connectivity index (χ3n) is 3.43. The van der Waals surface area contributed by atoms with Crippen molar-refractivity contribution in [1.29, 1.82) is 0 Å². The van der Waals surface area contributed by atoms with Crippen molar-refractivity contribution in [3.8, 4) is 0 Å². The maximum atomic E-state index is 14.1. The van der Waals surface area contributed by atoms with Crippen molar-refractivity contribution in [2.75, 3.05) is 11.4 Å². The molecule has 1 atom stereocenters. The van der Waals surface area contributed by atoms with Crippen LogP contribution in [0.4, 0.5) is 10.1 Å². The Labute approximate surface area is 138 Å². The largest absolute Gasteiger partial charge is 0.369 e. The molecule has 6 heteroatoms. The van der Waals surface area contributed by atoms with E-state index in [4.69, 9.17) is 5.73 Å². The predicted molar refractivity (Wildman–Crippen MR) is 90.0 cm³/mol. The van der Waals surface area contributed by atoms with Gasteiger partial charge in [-0.25, -0.2) is 4.39 Å². The Bertz CT molecular complexity index is 718. The number of guanidine groups is 1. The molecule has 2 aromatic rings. The molecule has 0 spiro atoms. The van der Waals surface area contributed by atoms with E-state index in [1.165, 1.54) is 6.07 Å². The van der Waals surface area contributed by atoms with Crippen molar-refractivity contribution < 1.29 is 4.39 Å². The summed E-state index contributed by atoms with van der Waals surface area (Å²) in [4.78, 5) is 6.01. The van der Waals surface area contributed by atoms with E-state index in [1.807, 2.05) is 18.2 Å². The SMILES string of the molecule is NC1=NCC(c2ccc(Br)c(Br)c2)N1c1ccccc1F. The average Bonchev–Trinajstić information content (AvgIpc) is 2.84. The molecular weight excluding hydrogens is 401 g/mol. The first kappa shape index (κ1) is 14.5. The van der Waals surface area contributed by atoms with Gasteiger partial charge in [0.25, 0.3) is 0 Å². The normalized spacial score (nSPS) is 18.0. The number of hydrogen-bond donors (Lipinski definition) is 1. The lowest BCUT2D eigenvalue weighted by atomic mass is 10.1. The number of para-hydroxylation sites is 1. The minimum absolute atomic E-state index is 0.105. The molecule has 0 fully saturated rings. The highest BCUT2D eigenvalue weighted by atomic mass is 79.9. The molecule has 0 saturated heterocycles. The number of aliphatic imine (C=N–C) groups is 1. The summed E-state index contributed by atoms with van der Waals surface area (Å²) >= 11 is 6.94. The molecule has 1 unspecified atom stereocenters. The molecular formula is C15H12Br2FN3. The van der Waals surface area contributed by atoms with Crippen LogP contribution in [0.25, 0.3) is 0 Å². The molecule has 0 aromatic heterocycles. The van der Waals surface area contributed by atoms with Crippen LogP contribution in [-0.2, 0) is 0 Å². The summed E-state index contributed by atoms with van der Waals surface area (Å²) in [6.45, 7) is 0.508. The molecule has 0 saturated carbocycles. The number of anilines is 1. The van der Waals surface area contributed by atoms with Crippen molar-refractivity contribution >= 4 is 43.5 Å². The summed E-state index contributed by atoms with van der Waals surface area (Å²) in [5.41, 5.74) is 7.43. The molecule has 0 aliphatic carbocycles. The van der Waals surface area contributed by atoms with E-state index in [2.05, 4.69) is 36.9 Å². The van der Waals surface area contributed by atoms with E-state index < -0.39 is 0 Å². The Balaban J connectivity index is 2.03. The Morgan fingerprint density at radius 2 is 1.90 bits per heavy atom. The zero-order chi connectivity index (χ0) is 15.0. The fraction of sp³-hybridized carbons (Fsp3) is 0.133. The minimum atomic E-state index is -0.307. The van der Waals surface area contributed by atoms with Crippen LogP contribution in [0.15, 0.2) is 56.4 Å². The summed E-state index contributed by atoms with van der Waals surface area (Å²) in [6.07, 6.45) is 0. The Hall–Kier alpha value is -1.40. The summed E-state index contributed by atoms with van der Waals surface area (Å²) in [5.74, 6) is 0.0304. The number of halogens is 3. The second-order valence-corrected chi connectivity index (χ2v) is 6.42. The molecule has 2 N–H and O–H groups in total. The van der Waals surface area contributed by atoms with Gasteiger partial charge >= 0.3 is 0 Å². The lowest BCUT2D eigenvalue weighted by molar-refractivity contribution is 0.619. The highest BCUT2D eigenvalue weighted by molar-refractivity contribution is 9.13. The van der Waals surface area contributed by atoms with Gasteiger partial charge in [0.15, 0.2) is 5.96 Å². The zero-order valence-corrected chi connectivity index (χ0v) is 14.1. The number of hydrogen-bond acceptors (Lipinski definition) is 3. The van der Waals surface area contributed by atoms with Crippen LogP contribution in [0.2, 0.25) is 0 Å². The molecule has 21 heavy (non-hydrogen) atoms. The number of nitrogens with two attached hydrogens (primary N) is 1. The van der Waals surface area contributed by atoms with E-state index in [0.717, 1.165) is 14.5 Å². The summed E-state index contributed by atoms with van der Waals surface area (Å²) in [7, 11) is 0. The topological polar surface area (TPSA) is 41.6 Å². The fourth-order valence-corrected chi connectivity index (χ4v) is 3.05. The molecule has 0 bridgehead atoms. The predicted octanol–water partition coefficient (Wildman–Crippen LogP) is 4.23. The quantitative estimate of drug-likeness (QED) is 0.801. The van der Waals surface area contributed by atoms with Crippen LogP contribution >= 0.6 is 31.9 Å². The first-order chi connectivity index (χ1) is 10.1. The molecule has 0 amide bonds. The molecule has 1 aliphatic heterocycles. The molecule has 1 aliphatic rings. The van der Waals surface area contributed by atoms with Crippen molar-refractivity contribution in [3.05, 3.63) is 62.8 Å². The van der Waals surface area contributed by atoms with Crippen LogP contribution < -0.4 is 10.6 Å². The smallest absolute Gasteiger partial charge is 0.196 e. The minimum Gasteiger partial charge on any atom is -0.369 e. The Morgan fingerprint density at radius 3 is 2.62 bits per heavy atom. The molecule has 0 radical (unpaired) electrons. The first-order valence-electron chi connectivity index (χ1n) is 6.36. The van der Waals surface area contributed by atoms with Gasteiger partial charge in [0.1, 0.15) is 5.82 Å². The van der Waals surface area contributed by atoms with E-state index in [1.54, 1.807) is 23.1 Å². The molecule has 108 valence electrons. The zero-order valence-electron chi connectivity index (χ0n) is 10.9. The van der Waals surface area contributed by atoms with Crippen LogP contribution in [-0.4, -0.2) is 12.5 Å². The monoisotopic (exact) mass is 411 g/mol. The second kappa shape index (κ2) is 5.77. The highest BCUT2D eigenvalue weighted by Crippen LogP contribution is 2.35. The van der Waals surface area contributed by atoms with Gasteiger partial charge in [-0.15, -0.1) is 0 Å². The van der Waals surface area contributed by atoms with Gasteiger partial charge in [0.05, 0.1) is 18.3 Å². The van der Waals surface area contributed by atoms with Crippen LogP contribution in [0.3, 0.4) is 0 Å². The van der Waals surface area contributed by atoms with Crippen LogP contribution in [0.5, 0.6) is 0 Å². The summed E-state index contributed by atoms with van der Waals surface area (Å²) in [5, 5.41) is 0. The van der Waals surface area contributed by atoms with Crippen LogP contribution in [0, 0.1) is 5.82 Å². The maximum absolute atomic E-state index is 14.1. The third kappa shape index (κ3) is 2.70. The summed E-state index contributed by atoms with van der Waals surface area (Å²) in [6, 6.07) is 12.4. The van der Waals surface area contributed by atoms with Crippen molar-refractivity contribution in [1.82, 2.24) is 0 Å². The lowest BCUT2D eigenvalue weighted by Crippen LogP contribution is -2.36. The van der Waals surface area contributed by atoms with Gasteiger partial charge in [-0.3, -0.25) is 4.99 Å². The summed E-state index contributed by atoms with van der Waals surface area (Å²) < 4.78 is 16.0. The molecule has 3 rings (SSSR count). The van der Waals surface area contributed by atoms with E-state index in [0.29, 0.717) is 18.2 Å². The van der Waals surface area contributed by atoms with Crippen LogP contribution in [0.1, 0.15) is 11.6 Å². The van der Waals surface area contributed by atoms with Gasteiger partial charge in [0.2, 0.25) is 0 Å². The van der Waals surface area contributed by atoms with Gasteiger partial charge in [-0.2, -0.15) is 0 Å².